The topological polar surface area (TPSA) is 43.8 Å². The highest BCUT2D eigenvalue weighted by Crippen LogP contribution is 2.34. The largest absolute Gasteiger partial charge is 0.484 e. The Morgan fingerprint density at radius 2 is 2.04 bits per heavy atom. The van der Waals surface area contributed by atoms with Crippen molar-refractivity contribution in [2.75, 3.05) is 26.8 Å². The van der Waals surface area contributed by atoms with Crippen LogP contribution in [-0.2, 0) is 11.3 Å². The summed E-state index contributed by atoms with van der Waals surface area (Å²) in [6, 6.07) is 12.3. The van der Waals surface area contributed by atoms with Gasteiger partial charge in [-0.2, -0.15) is 0 Å². The first-order valence-corrected chi connectivity index (χ1v) is 7.90. The number of nitrogens with zero attached hydrogens (tertiary/aromatic N) is 2. The summed E-state index contributed by atoms with van der Waals surface area (Å²) in [6.07, 6.45) is 2.01. The third-order valence-electron chi connectivity index (χ3n) is 4.40. The van der Waals surface area contributed by atoms with E-state index in [4.69, 9.17) is 14.2 Å². The van der Waals surface area contributed by atoms with E-state index in [9.17, 15) is 0 Å². The number of hydrogen-bond donors (Lipinski definition) is 0. The molecular weight excluding hydrogens is 292 g/mol. The molecule has 5 nitrogen and oxygen atoms in total. The van der Waals surface area contributed by atoms with Crippen LogP contribution in [0.25, 0.3) is 0 Å². The fraction of sp³-hybridized carbons (Fsp3) is 0.389. The van der Waals surface area contributed by atoms with Gasteiger partial charge in [-0.15, -0.1) is 0 Å². The minimum Gasteiger partial charge on any atom is -0.484 e. The number of rotatable bonds is 4. The lowest BCUT2D eigenvalue weighted by atomic mass is 10.0. The van der Waals surface area contributed by atoms with E-state index in [2.05, 4.69) is 34.1 Å². The van der Waals surface area contributed by atoms with Crippen molar-refractivity contribution in [2.45, 2.75) is 18.8 Å². The van der Waals surface area contributed by atoms with Gasteiger partial charge in [0.25, 0.3) is 5.88 Å². The van der Waals surface area contributed by atoms with Crippen molar-refractivity contribution >= 4 is 0 Å². The minimum atomic E-state index is -0.103. The summed E-state index contributed by atoms with van der Waals surface area (Å²) >= 11 is 0. The molecule has 2 aromatic rings. The SMILES string of the molecule is COC1CN(Cc2ccc([C@H]3COc4cccnc4O3)cc2)C1. The highest BCUT2D eigenvalue weighted by molar-refractivity contribution is 5.35. The summed E-state index contributed by atoms with van der Waals surface area (Å²) in [4.78, 5) is 6.60. The van der Waals surface area contributed by atoms with E-state index in [1.807, 2.05) is 12.1 Å². The van der Waals surface area contributed by atoms with Crippen LogP contribution < -0.4 is 9.47 Å². The molecule has 0 saturated carbocycles. The lowest BCUT2D eigenvalue weighted by molar-refractivity contribution is -0.0334. The van der Waals surface area contributed by atoms with Crippen molar-refractivity contribution in [3.05, 3.63) is 53.7 Å². The number of methoxy groups -OCH3 is 1. The Kier molecular flexibility index (Phi) is 3.89. The van der Waals surface area contributed by atoms with Crippen molar-refractivity contribution in [3.63, 3.8) is 0 Å². The fourth-order valence-electron chi connectivity index (χ4n) is 2.97. The zero-order valence-corrected chi connectivity index (χ0v) is 13.1. The maximum atomic E-state index is 5.94. The van der Waals surface area contributed by atoms with Gasteiger partial charge in [-0.3, -0.25) is 4.90 Å². The molecule has 5 heteroatoms. The second-order valence-corrected chi connectivity index (χ2v) is 6.02. The van der Waals surface area contributed by atoms with Gasteiger partial charge < -0.3 is 14.2 Å². The molecule has 0 radical (unpaired) electrons. The van der Waals surface area contributed by atoms with E-state index in [-0.39, 0.29) is 6.10 Å². The number of ether oxygens (including phenoxy) is 3. The maximum Gasteiger partial charge on any atom is 0.257 e. The molecule has 0 aliphatic carbocycles. The third-order valence-corrected chi connectivity index (χ3v) is 4.40. The van der Waals surface area contributed by atoms with E-state index in [1.165, 1.54) is 5.56 Å². The highest BCUT2D eigenvalue weighted by atomic mass is 16.6. The summed E-state index contributed by atoms with van der Waals surface area (Å²) in [6.45, 7) is 3.51. The standard InChI is InChI=1S/C18H20N2O3/c1-21-15-10-20(11-15)9-13-4-6-14(7-5-13)17-12-22-16-3-2-8-19-18(16)23-17/h2-8,15,17H,9-12H2,1H3/t17-/m1/s1. The third kappa shape index (κ3) is 3.02. The van der Waals surface area contributed by atoms with Crippen LogP contribution in [-0.4, -0.2) is 42.8 Å². The van der Waals surface area contributed by atoms with Crippen LogP contribution in [0.15, 0.2) is 42.6 Å². The van der Waals surface area contributed by atoms with E-state index in [1.54, 1.807) is 13.3 Å². The fourth-order valence-corrected chi connectivity index (χ4v) is 2.97. The summed E-state index contributed by atoms with van der Waals surface area (Å²) in [5.41, 5.74) is 2.42. The van der Waals surface area contributed by atoms with Gasteiger partial charge in [-0.05, 0) is 23.3 Å². The zero-order chi connectivity index (χ0) is 15.6. The first kappa shape index (κ1) is 14.5. The lowest BCUT2D eigenvalue weighted by Gasteiger charge is -2.38. The Labute approximate surface area is 135 Å². The number of likely N-dealkylation sites (tertiary alicyclic amines) is 1. The molecule has 1 fully saturated rings. The van der Waals surface area contributed by atoms with Crippen molar-refractivity contribution < 1.29 is 14.2 Å². The Morgan fingerprint density at radius 1 is 1.22 bits per heavy atom. The molecule has 120 valence electrons. The van der Waals surface area contributed by atoms with Gasteiger partial charge in [0.15, 0.2) is 11.9 Å². The van der Waals surface area contributed by atoms with Crippen LogP contribution in [0.4, 0.5) is 0 Å². The normalized spacial score (nSPS) is 21.0. The predicted molar refractivity (Wildman–Crippen MR) is 85.6 cm³/mol. The van der Waals surface area contributed by atoms with Crippen LogP contribution in [0.3, 0.4) is 0 Å². The van der Waals surface area contributed by atoms with Gasteiger partial charge in [-0.25, -0.2) is 4.98 Å². The number of pyridine rings is 1. The first-order chi connectivity index (χ1) is 11.3. The average molecular weight is 312 g/mol. The van der Waals surface area contributed by atoms with E-state index in [0.29, 0.717) is 24.3 Å². The van der Waals surface area contributed by atoms with Crippen LogP contribution in [0, 0.1) is 0 Å². The molecule has 1 aromatic heterocycles. The monoisotopic (exact) mass is 312 g/mol. The molecule has 2 aliphatic rings. The van der Waals surface area contributed by atoms with Crippen molar-refractivity contribution in [1.29, 1.82) is 0 Å². The number of fused-ring (bicyclic) bond motifs is 1. The molecule has 0 unspecified atom stereocenters. The molecule has 1 aromatic carbocycles. The minimum absolute atomic E-state index is 0.103. The van der Waals surface area contributed by atoms with Crippen LogP contribution in [0.2, 0.25) is 0 Å². The molecule has 1 saturated heterocycles. The number of benzene rings is 1. The maximum absolute atomic E-state index is 5.94. The lowest BCUT2D eigenvalue weighted by Crippen LogP contribution is -2.50. The van der Waals surface area contributed by atoms with Gasteiger partial charge in [0.2, 0.25) is 0 Å². The predicted octanol–water partition coefficient (Wildman–Crippen LogP) is 2.42. The van der Waals surface area contributed by atoms with Gasteiger partial charge in [-0.1, -0.05) is 24.3 Å². The van der Waals surface area contributed by atoms with Crippen LogP contribution in [0.5, 0.6) is 11.6 Å². The first-order valence-electron chi connectivity index (χ1n) is 7.90. The second-order valence-electron chi connectivity index (χ2n) is 6.02. The van der Waals surface area contributed by atoms with Crippen LogP contribution >= 0.6 is 0 Å². The van der Waals surface area contributed by atoms with Crippen molar-refractivity contribution in [3.8, 4) is 11.6 Å². The van der Waals surface area contributed by atoms with Gasteiger partial charge in [0.1, 0.15) is 6.61 Å². The Bertz CT molecular complexity index is 668. The average Bonchev–Trinajstić information content (AvgIpc) is 2.58. The Hall–Kier alpha value is -2.11. The Morgan fingerprint density at radius 3 is 2.83 bits per heavy atom. The van der Waals surface area contributed by atoms with E-state index >= 15 is 0 Å². The molecule has 0 N–H and O–H groups in total. The summed E-state index contributed by atoms with van der Waals surface area (Å²) in [7, 11) is 1.77. The Balaban J connectivity index is 1.39. The molecular formula is C18H20N2O3. The van der Waals surface area contributed by atoms with Crippen LogP contribution in [0.1, 0.15) is 17.2 Å². The number of aromatic nitrogens is 1. The summed E-state index contributed by atoms with van der Waals surface area (Å²) < 4.78 is 17.0. The summed E-state index contributed by atoms with van der Waals surface area (Å²) in [5, 5.41) is 0. The molecule has 4 rings (SSSR count). The van der Waals surface area contributed by atoms with Crippen molar-refractivity contribution in [1.82, 2.24) is 9.88 Å². The number of hydrogen-bond acceptors (Lipinski definition) is 5. The van der Waals surface area contributed by atoms with Gasteiger partial charge in [0, 0.05) is 32.9 Å². The molecule has 0 spiro atoms. The molecule has 3 heterocycles. The summed E-state index contributed by atoms with van der Waals surface area (Å²) in [5.74, 6) is 1.28. The molecule has 0 amide bonds. The molecule has 0 bridgehead atoms. The van der Waals surface area contributed by atoms with Gasteiger partial charge in [0.05, 0.1) is 6.10 Å². The van der Waals surface area contributed by atoms with Gasteiger partial charge >= 0.3 is 0 Å². The second kappa shape index (κ2) is 6.18. The molecule has 1 atom stereocenters. The van der Waals surface area contributed by atoms with Crippen molar-refractivity contribution in [2.24, 2.45) is 0 Å². The quantitative estimate of drug-likeness (QED) is 0.867. The van der Waals surface area contributed by atoms with E-state index < -0.39 is 0 Å². The zero-order valence-electron chi connectivity index (χ0n) is 13.1. The smallest absolute Gasteiger partial charge is 0.257 e. The molecule has 23 heavy (non-hydrogen) atoms. The molecule has 2 aliphatic heterocycles. The highest BCUT2D eigenvalue weighted by Gasteiger charge is 2.26. The van der Waals surface area contributed by atoms with E-state index in [0.717, 1.165) is 25.2 Å².